The Bertz CT molecular complexity index is 901. The maximum atomic E-state index is 11.4. The van der Waals surface area contributed by atoms with E-state index in [0.717, 1.165) is 16.7 Å². The van der Waals surface area contributed by atoms with Gasteiger partial charge in [-0.15, -0.1) is 10.2 Å². The number of carbonyl (C=O) groups is 1. The van der Waals surface area contributed by atoms with Crippen molar-refractivity contribution in [3.05, 3.63) is 53.1 Å². The summed E-state index contributed by atoms with van der Waals surface area (Å²) in [7, 11) is 0. The van der Waals surface area contributed by atoms with E-state index >= 15 is 0 Å². The van der Waals surface area contributed by atoms with E-state index < -0.39 is 5.97 Å². The summed E-state index contributed by atoms with van der Waals surface area (Å²) in [6.07, 6.45) is 0.156. The minimum Gasteiger partial charge on any atom is -0.477 e. The fourth-order valence-corrected chi connectivity index (χ4v) is 2.70. The Morgan fingerprint density at radius 1 is 1.08 bits per heavy atom. The number of ether oxygens (including phenoxy) is 2. The molecule has 7 heteroatoms. The van der Waals surface area contributed by atoms with Crippen molar-refractivity contribution in [1.82, 2.24) is 0 Å². The Morgan fingerprint density at radius 3 is 2.50 bits per heavy atom. The number of carboxylic acid groups (broad SMARTS) is 1. The van der Waals surface area contributed by atoms with E-state index in [1.807, 2.05) is 18.2 Å². The third kappa shape index (κ3) is 2.36. The minimum absolute atomic E-state index is 0.0273. The Hall–Kier alpha value is -3.35. The van der Waals surface area contributed by atoms with Gasteiger partial charge in [0.2, 0.25) is 6.79 Å². The molecule has 2 aliphatic heterocycles. The van der Waals surface area contributed by atoms with Crippen molar-refractivity contribution < 1.29 is 19.4 Å². The molecule has 2 aromatic rings. The first kappa shape index (κ1) is 14.3. The molecule has 0 spiro atoms. The second-order valence-electron chi connectivity index (χ2n) is 5.46. The lowest BCUT2D eigenvalue weighted by Crippen LogP contribution is -2.15. The number of nitrogens with zero attached hydrogens (tertiary/aromatic N) is 2. The molecule has 2 aromatic carbocycles. The average molecular weight is 323 g/mol. The molecule has 0 unspecified atom stereocenters. The molecule has 2 heterocycles. The van der Waals surface area contributed by atoms with E-state index in [1.54, 1.807) is 18.2 Å². The largest absolute Gasteiger partial charge is 0.477 e. The van der Waals surface area contributed by atoms with E-state index in [1.165, 1.54) is 0 Å². The van der Waals surface area contributed by atoms with Crippen molar-refractivity contribution in [2.24, 2.45) is 10.2 Å². The van der Waals surface area contributed by atoms with Gasteiger partial charge in [-0.25, -0.2) is 4.79 Å². The molecule has 0 saturated heterocycles. The molecule has 0 aliphatic carbocycles. The molecule has 0 aromatic heterocycles. The average Bonchev–Trinajstić information content (AvgIpc) is 2.93. The Labute approximate surface area is 137 Å². The highest BCUT2D eigenvalue weighted by Gasteiger charge is 2.25. The van der Waals surface area contributed by atoms with Crippen LogP contribution >= 0.6 is 0 Å². The van der Waals surface area contributed by atoms with Gasteiger partial charge in [-0.1, -0.05) is 12.1 Å². The molecule has 0 atom stereocenters. The maximum Gasteiger partial charge on any atom is 0.352 e. The smallest absolute Gasteiger partial charge is 0.352 e. The Kier molecular flexibility index (Phi) is 3.19. The third-order valence-corrected chi connectivity index (χ3v) is 3.91. The van der Waals surface area contributed by atoms with E-state index in [0.29, 0.717) is 22.9 Å². The van der Waals surface area contributed by atoms with E-state index in [9.17, 15) is 9.90 Å². The number of rotatable bonds is 2. The number of hydrogen-bond donors (Lipinski definition) is 2. The number of benzene rings is 2. The fraction of sp³-hybridized carbons (Fsp3) is 0.118. The van der Waals surface area contributed by atoms with Gasteiger partial charge in [0.1, 0.15) is 5.71 Å². The standard InChI is InChI=1S/C17H13N3O4/c18-11-3-1-9(2-4-11)16-12-7-15-14(23-8-24-15)6-10(12)5-13(17(21)22)19-20-16/h1-4,6-7H,5,8,18H2,(H,21,22). The number of nitrogens with two attached hydrogens (primary N) is 1. The van der Waals surface area contributed by atoms with Crippen LogP contribution in [0.15, 0.2) is 46.6 Å². The number of anilines is 1. The van der Waals surface area contributed by atoms with Gasteiger partial charge in [-0.05, 0) is 29.8 Å². The topological polar surface area (TPSA) is 107 Å². The first-order valence-corrected chi connectivity index (χ1v) is 7.28. The molecule has 2 aliphatic rings. The third-order valence-electron chi connectivity index (χ3n) is 3.91. The molecule has 0 saturated carbocycles. The van der Waals surface area contributed by atoms with Crippen LogP contribution in [-0.2, 0) is 11.2 Å². The van der Waals surface area contributed by atoms with Crippen LogP contribution in [0.25, 0.3) is 0 Å². The highest BCUT2D eigenvalue weighted by Crippen LogP contribution is 2.36. The summed E-state index contributed by atoms with van der Waals surface area (Å²) in [5.41, 5.74) is 9.24. The quantitative estimate of drug-likeness (QED) is 0.820. The molecule has 4 rings (SSSR count). The van der Waals surface area contributed by atoms with Gasteiger partial charge in [0.15, 0.2) is 17.2 Å². The molecule has 3 N–H and O–H groups in total. The van der Waals surface area contributed by atoms with Crippen LogP contribution in [0.3, 0.4) is 0 Å². The lowest BCUT2D eigenvalue weighted by atomic mass is 9.94. The monoisotopic (exact) mass is 323 g/mol. The summed E-state index contributed by atoms with van der Waals surface area (Å²) in [4.78, 5) is 11.4. The molecular formula is C17H13N3O4. The molecule has 7 nitrogen and oxygen atoms in total. The second kappa shape index (κ2) is 5.38. The van der Waals surface area contributed by atoms with Crippen molar-refractivity contribution in [2.45, 2.75) is 6.42 Å². The van der Waals surface area contributed by atoms with Gasteiger partial charge in [0.25, 0.3) is 0 Å². The zero-order chi connectivity index (χ0) is 16.7. The van der Waals surface area contributed by atoms with Crippen LogP contribution in [0.4, 0.5) is 5.69 Å². The second-order valence-corrected chi connectivity index (χ2v) is 5.46. The highest BCUT2D eigenvalue weighted by molar-refractivity contribution is 6.36. The van der Waals surface area contributed by atoms with E-state index in [-0.39, 0.29) is 18.9 Å². The van der Waals surface area contributed by atoms with Crippen molar-refractivity contribution >= 4 is 23.1 Å². The maximum absolute atomic E-state index is 11.4. The van der Waals surface area contributed by atoms with Gasteiger partial charge in [-0.3, -0.25) is 0 Å². The summed E-state index contributed by atoms with van der Waals surface area (Å²) in [6.45, 7) is 0.145. The highest BCUT2D eigenvalue weighted by atomic mass is 16.7. The predicted octanol–water partition coefficient (Wildman–Crippen LogP) is 1.83. The van der Waals surface area contributed by atoms with Gasteiger partial charge in [0, 0.05) is 23.2 Å². The predicted molar refractivity (Wildman–Crippen MR) is 87.8 cm³/mol. The van der Waals surface area contributed by atoms with Gasteiger partial charge in [-0.2, -0.15) is 0 Å². The lowest BCUT2D eigenvalue weighted by Gasteiger charge is -2.11. The van der Waals surface area contributed by atoms with Crippen molar-refractivity contribution in [1.29, 1.82) is 0 Å². The normalized spacial score (nSPS) is 15.2. The fourth-order valence-electron chi connectivity index (χ4n) is 2.70. The molecule has 0 radical (unpaired) electrons. The lowest BCUT2D eigenvalue weighted by molar-refractivity contribution is -0.129. The van der Waals surface area contributed by atoms with Crippen molar-refractivity contribution in [3.63, 3.8) is 0 Å². The van der Waals surface area contributed by atoms with Crippen molar-refractivity contribution in [3.8, 4) is 11.5 Å². The molecule has 0 amide bonds. The number of aliphatic carboxylic acids is 1. The zero-order valence-corrected chi connectivity index (χ0v) is 12.5. The van der Waals surface area contributed by atoms with Gasteiger partial charge in [0.05, 0.1) is 0 Å². The molecule has 0 bridgehead atoms. The summed E-state index contributed by atoms with van der Waals surface area (Å²) >= 11 is 0. The van der Waals surface area contributed by atoms with Crippen LogP contribution in [-0.4, -0.2) is 29.3 Å². The van der Waals surface area contributed by atoms with Gasteiger partial charge < -0.3 is 20.3 Å². The summed E-state index contributed by atoms with van der Waals surface area (Å²) in [6, 6.07) is 10.8. The van der Waals surface area contributed by atoms with E-state index in [2.05, 4.69) is 10.2 Å². The Balaban J connectivity index is 1.91. The first-order chi connectivity index (χ1) is 11.6. The summed E-state index contributed by atoms with van der Waals surface area (Å²) in [5.74, 6) is 0.105. The van der Waals surface area contributed by atoms with Gasteiger partial charge >= 0.3 is 5.97 Å². The summed E-state index contributed by atoms with van der Waals surface area (Å²) < 4.78 is 10.8. The summed E-state index contributed by atoms with van der Waals surface area (Å²) in [5, 5.41) is 17.4. The minimum atomic E-state index is -1.10. The zero-order valence-electron chi connectivity index (χ0n) is 12.5. The molecular weight excluding hydrogens is 310 g/mol. The van der Waals surface area contributed by atoms with Crippen LogP contribution in [0, 0.1) is 0 Å². The van der Waals surface area contributed by atoms with Crippen LogP contribution in [0.2, 0.25) is 0 Å². The first-order valence-electron chi connectivity index (χ1n) is 7.28. The molecule has 120 valence electrons. The number of nitrogen functional groups attached to an aromatic ring is 1. The van der Waals surface area contributed by atoms with Crippen LogP contribution in [0.1, 0.15) is 16.7 Å². The molecule has 0 fully saturated rings. The van der Waals surface area contributed by atoms with Crippen LogP contribution < -0.4 is 15.2 Å². The number of fused-ring (bicyclic) bond motifs is 2. The van der Waals surface area contributed by atoms with Crippen molar-refractivity contribution in [2.75, 3.05) is 12.5 Å². The van der Waals surface area contributed by atoms with E-state index in [4.69, 9.17) is 15.2 Å². The Morgan fingerprint density at radius 2 is 1.79 bits per heavy atom. The van der Waals surface area contributed by atoms with Crippen LogP contribution in [0.5, 0.6) is 11.5 Å². The number of hydrogen-bond acceptors (Lipinski definition) is 6. The molecule has 24 heavy (non-hydrogen) atoms. The number of carboxylic acids is 1. The SMILES string of the molecule is Nc1ccc(C2=NN=C(C(=O)O)Cc3cc4c(cc32)OCO4)cc1.